The quantitative estimate of drug-likeness (QED) is 0.881. The van der Waals surface area contributed by atoms with Gasteiger partial charge in [0.1, 0.15) is 11.3 Å². The Bertz CT molecular complexity index is 786. The molecule has 0 radical (unpaired) electrons. The maximum atomic E-state index is 12.8. The molecule has 3 rings (SSSR count). The van der Waals surface area contributed by atoms with E-state index in [1.807, 2.05) is 31.2 Å². The van der Waals surface area contributed by atoms with Gasteiger partial charge in [-0.25, -0.2) is 4.79 Å². The molecule has 1 N–H and O–H groups in total. The van der Waals surface area contributed by atoms with E-state index < -0.39 is 12.1 Å². The maximum Gasteiger partial charge on any atom is 0.342 e. The summed E-state index contributed by atoms with van der Waals surface area (Å²) in [5.41, 5.74) is 2.02. The predicted octanol–water partition coefficient (Wildman–Crippen LogP) is 2.92. The minimum Gasteiger partial charge on any atom is -0.507 e. The van der Waals surface area contributed by atoms with Crippen molar-refractivity contribution in [1.82, 2.24) is 0 Å². The average molecular weight is 325 g/mol. The number of nitrogens with zero attached hydrogens (tertiary/aromatic N) is 1. The third-order valence-electron chi connectivity index (χ3n) is 4.20. The van der Waals surface area contributed by atoms with E-state index in [9.17, 15) is 14.7 Å². The number of aromatic hydroxyl groups is 1. The molecule has 1 aliphatic heterocycles. The minimum atomic E-state index is -0.939. The molecule has 2 atom stereocenters. The van der Waals surface area contributed by atoms with E-state index in [0.717, 1.165) is 17.7 Å². The first-order valence-electron chi connectivity index (χ1n) is 7.89. The van der Waals surface area contributed by atoms with Crippen molar-refractivity contribution in [2.45, 2.75) is 32.4 Å². The van der Waals surface area contributed by atoms with Crippen molar-refractivity contribution in [2.75, 3.05) is 4.90 Å². The molecular weight excluding hydrogens is 306 g/mol. The summed E-state index contributed by atoms with van der Waals surface area (Å²) in [5, 5.41) is 9.72. The number of carbonyl (C=O) groups excluding carboxylic acids is 2. The van der Waals surface area contributed by atoms with Crippen molar-refractivity contribution >= 4 is 17.6 Å². The Balaban J connectivity index is 1.76. The molecule has 0 unspecified atom stereocenters. The number of carbonyl (C=O) groups is 2. The first kappa shape index (κ1) is 16.1. The molecule has 2 aromatic carbocycles. The number of phenolic OH excluding ortho intramolecular Hbond substituents is 1. The molecule has 0 aromatic heterocycles. The molecular formula is C19H19NO4. The van der Waals surface area contributed by atoms with Crippen LogP contribution in [0.25, 0.3) is 0 Å². The van der Waals surface area contributed by atoms with Crippen LogP contribution in [0.4, 0.5) is 5.69 Å². The summed E-state index contributed by atoms with van der Waals surface area (Å²) in [5.74, 6) is -1.15. The molecule has 124 valence electrons. The van der Waals surface area contributed by atoms with Gasteiger partial charge in [-0.05, 0) is 44.0 Å². The van der Waals surface area contributed by atoms with Crippen LogP contribution in [-0.4, -0.2) is 29.1 Å². The second-order valence-electron chi connectivity index (χ2n) is 5.95. The minimum absolute atomic E-state index is 0.0150. The van der Waals surface area contributed by atoms with Gasteiger partial charge in [0.15, 0.2) is 6.10 Å². The maximum absolute atomic E-state index is 12.8. The fourth-order valence-electron chi connectivity index (χ4n) is 3.02. The number of hydrogen-bond donors (Lipinski definition) is 1. The summed E-state index contributed by atoms with van der Waals surface area (Å²) < 4.78 is 5.26. The molecule has 0 saturated carbocycles. The monoisotopic (exact) mass is 325 g/mol. The van der Waals surface area contributed by atoms with Gasteiger partial charge >= 0.3 is 5.97 Å². The highest BCUT2D eigenvalue weighted by molar-refractivity contribution is 6.01. The first-order chi connectivity index (χ1) is 11.5. The van der Waals surface area contributed by atoms with Crippen molar-refractivity contribution in [3.05, 3.63) is 59.7 Å². The van der Waals surface area contributed by atoms with Gasteiger partial charge in [0, 0.05) is 11.7 Å². The van der Waals surface area contributed by atoms with E-state index >= 15 is 0 Å². The number of rotatable bonds is 3. The molecule has 0 saturated heterocycles. The summed E-state index contributed by atoms with van der Waals surface area (Å²) in [7, 11) is 0. The van der Waals surface area contributed by atoms with Crippen LogP contribution < -0.4 is 4.90 Å². The highest BCUT2D eigenvalue weighted by Gasteiger charge is 2.34. The molecule has 0 spiro atoms. The Kier molecular flexibility index (Phi) is 4.25. The van der Waals surface area contributed by atoms with Crippen molar-refractivity contribution in [2.24, 2.45) is 0 Å². The lowest BCUT2D eigenvalue weighted by Gasteiger charge is -2.26. The van der Waals surface area contributed by atoms with Gasteiger partial charge in [-0.2, -0.15) is 0 Å². The normalized spacial score (nSPS) is 17.2. The Labute approximate surface area is 140 Å². The standard InChI is InChI=1S/C19H19NO4/c1-12-11-14-7-3-5-9-16(14)20(12)18(22)13(2)24-19(23)15-8-4-6-10-17(15)21/h3-10,12-13,21H,11H2,1-2H3/t12-,13+/m0/s1. The Morgan fingerprint density at radius 2 is 1.83 bits per heavy atom. The van der Waals surface area contributed by atoms with E-state index in [-0.39, 0.29) is 23.3 Å². The van der Waals surface area contributed by atoms with E-state index in [1.165, 1.54) is 12.1 Å². The molecule has 24 heavy (non-hydrogen) atoms. The van der Waals surface area contributed by atoms with Crippen LogP contribution in [-0.2, 0) is 16.0 Å². The first-order valence-corrected chi connectivity index (χ1v) is 7.89. The Morgan fingerprint density at radius 3 is 2.58 bits per heavy atom. The second-order valence-corrected chi connectivity index (χ2v) is 5.95. The zero-order valence-electron chi connectivity index (χ0n) is 13.6. The molecule has 1 amide bonds. The third-order valence-corrected chi connectivity index (χ3v) is 4.20. The van der Waals surface area contributed by atoms with Gasteiger partial charge in [0.2, 0.25) is 0 Å². The van der Waals surface area contributed by atoms with E-state index in [2.05, 4.69) is 0 Å². The van der Waals surface area contributed by atoms with Gasteiger partial charge in [0.05, 0.1) is 0 Å². The van der Waals surface area contributed by atoms with Crippen molar-refractivity contribution in [3.63, 3.8) is 0 Å². The Hall–Kier alpha value is -2.82. The fourth-order valence-corrected chi connectivity index (χ4v) is 3.02. The van der Waals surface area contributed by atoms with Gasteiger partial charge < -0.3 is 14.7 Å². The summed E-state index contributed by atoms with van der Waals surface area (Å²) >= 11 is 0. The highest BCUT2D eigenvalue weighted by Crippen LogP contribution is 2.32. The van der Waals surface area contributed by atoms with Crippen molar-refractivity contribution in [3.8, 4) is 5.75 Å². The van der Waals surface area contributed by atoms with Gasteiger partial charge in [-0.3, -0.25) is 4.79 Å². The topological polar surface area (TPSA) is 66.8 Å². The molecule has 5 nitrogen and oxygen atoms in total. The number of hydrogen-bond acceptors (Lipinski definition) is 4. The summed E-state index contributed by atoms with van der Waals surface area (Å²) in [6, 6.07) is 13.8. The van der Waals surface area contributed by atoms with Gasteiger partial charge in [0.25, 0.3) is 5.91 Å². The average Bonchev–Trinajstić information content (AvgIpc) is 2.90. The lowest BCUT2D eigenvalue weighted by Crippen LogP contribution is -2.43. The number of phenols is 1. The number of esters is 1. The third kappa shape index (κ3) is 2.85. The summed E-state index contributed by atoms with van der Waals surface area (Å²) in [4.78, 5) is 26.6. The SMILES string of the molecule is C[C@@H](OC(=O)c1ccccc1O)C(=O)N1c2ccccc2C[C@@H]1C. The van der Waals surface area contributed by atoms with Crippen LogP contribution in [0.15, 0.2) is 48.5 Å². The number of amides is 1. The molecule has 1 heterocycles. The van der Waals surface area contributed by atoms with Crippen LogP contribution in [0.2, 0.25) is 0 Å². The van der Waals surface area contributed by atoms with Crippen LogP contribution in [0, 0.1) is 0 Å². The molecule has 0 bridgehead atoms. The largest absolute Gasteiger partial charge is 0.507 e. The van der Waals surface area contributed by atoms with E-state index in [4.69, 9.17) is 4.74 Å². The van der Waals surface area contributed by atoms with Crippen LogP contribution in [0.3, 0.4) is 0 Å². The molecule has 1 aliphatic rings. The van der Waals surface area contributed by atoms with Crippen LogP contribution in [0.5, 0.6) is 5.75 Å². The number of anilines is 1. The summed E-state index contributed by atoms with van der Waals surface area (Å²) in [6.07, 6.45) is -0.159. The zero-order chi connectivity index (χ0) is 17.3. The van der Waals surface area contributed by atoms with Crippen molar-refractivity contribution in [1.29, 1.82) is 0 Å². The van der Waals surface area contributed by atoms with E-state index in [1.54, 1.807) is 24.0 Å². The van der Waals surface area contributed by atoms with E-state index in [0.29, 0.717) is 0 Å². The second kappa shape index (κ2) is 6.35. The highest BCUT2D eigenvalue weighted by atomic mass is 16.5. The fraction of sp³-hybridized carbons (Fsp3) is 0.263. The lowest BCUT2D eigenvalue weighted by atomic mass is 10.1. The molecule has 0 fully saturated rings. The Morgan fingerprint density at radius 1 is 1.17 bits per heavy atom. The lowest BCUT2D eigenvalue weighted by molar-refractivity contribution is -0.126. The summed E-state index contributed by atoms with van der Waals surface area (Å²) in [6.45, 7) is 3.52. The molecule has 0 aliphatic carbocycles. The number of benzene rings is 2. The molecule has 2 aromatic rings. The number of para-hydroxylation sites is 2. The van der Waals surface area contributed by atoms with Gasteiger partial charge in [-0.1, -0.05) is 30.3 Å². The van der Waals surface area contributed by atoms with Crippen LogP contribution >= 0.6 is 0 Å². The van der Waals surface area contributed by atoms with Crippen LogP contribution in [0.1, 0.15) is 29.8 Å². The number of fused-ring (bicyclic) bond motifs is 1. The smallest absolute Gasteiger partial charge is 0.342 e. The van der Waals surface area contributed by atoms with Crippen molar-refractivity contribution < 1.29 is 19.4 Å². The van der Waals surface area contributed by atoms with Gasteiger partial charge in [-0.15, -0.1) is 0 Å². The zero-order valence-corrected chi connectivity index (χ0v) is 13.6. The predicted molar refractivity (Wildman–Crippen MR) is 90.1 cm³/mol. The number of ether oxygens (including phenoxy) is 1. The molecule has 5 heteroatoms.